The van der Waals surface area contributed by atoms with Gasteiger partial charge in [0.15, 0.2) is 5.78 Å². The van der Waals surface area contributed by atoms with Crippen LogP contribution in [0.5, 0.6) is 0 Å². The highest BCUT2D eigenvalue weighted by molar-refractivity contribution is 6.01. The first-order valence-corrected chi connectivity index (χ1v) is 6.29. The molecule has 0 aliphatic carbocycles. The molecule has 0 radical (unpaired) electrons. The summed E-state index contributed by atoms with van der Waals surface area (Å²) in [6.07, 6.45) is -0.229. The highest BCUT2D eigenvalue weighted by Gasteiger charge is 2.20. The van der Waals surface area contributed by atoms with Gasteiger partial charge in [-0.05, 0) is 18.1 Å². The molecule has 114 valence electrons. The number of aliphatic carboxylic acids is 1. The number of hydrogen-bond acceptors (Lipinski definition) is 6. The van der Waals surface area contributed by atoms with Crippen molar-refractivity contribution in [2.24, 2.45) is 11.5 Å². The molecule has 0 saturated heterocycles. The number of carbonyl (C=O) groups is 3. The van der Waals surface area contributed by atoms with Gasteiger partial charge in [0.1, 0.15) is 6.04 Å². The zero-order valence-electron chi connectivity index (χ0n) is 11.6. The van der Waals surface area contributed by atoms with Crippen LogP contribution in [-0.2, 0) is 20.7 Å². The fourth-order valence-electron chi connectivity index (χ4n) is 1.84. The molecule has 0 saturated carbocycles. The SMILES string of the molecule is COC(=O)[C@@H](N)Cc1cccc(C(=O)[C@@H](N)CC(=O)O)c1. The minimum Gasteiger partial charge on any atom is -0.481 e. The molecule has 2 atom stereocenters. The maximum atomic E-state index is 12.0. The van der Waals surface area contributed by atoms with E-state index in [1.54, 1.807) is 18.2 Å². The van der Waals surface area contributed by atoms with E-state index in [1.165, 1.54) is 13.2 Å². The number of carboxylic acid groups (broad SMARTS) is 1. The number of rotatable bonds is 7. The molecular formula is C14H18N2O5. The molecule has 1 rings (SSSR count). The number of carboxylic acids is 1. The second kappa shape index (κ2) is 7.51. The largest absolute Gasteiger partial charge is 0.481 e. The third-order valence-corrected chi connectivity index (χ3v) is 2.90. The zero-order chi connectivity index (χ0) is 16.0. The summed E-state index contributed by atoms with van der Waals surface area (Å²) < 4.78 is 4.53. The number of ketones is 1. The summed E-state index contributed by atoms with van der Waals surface area (Å²) >= 11 is 0. The summed E-state index contributed by atoms with van der Waals surface area (Å²) in [5.74, 6) is -2.15. The van der Waals surface area contributed by atoms with E-state index in [0.29, 0.717) is 11.1 Å². The molecule has 0 bridgehead atoms. The van der Waals surface area contributed by atoms with Crippen LogP contribution in [0.15, 0.2) is 24.3 Å². The van der Waals surface area contributed by atoms with Crippen LogP contribution in [0.2, 0.25) is 0 Å². The first-order chi connectivity index (χ1) is 9.85. The Balaban J connectivity index is 2.83. The van der Waals surface area contributed by atoms with Crippen molar-refractivity contribution in [1.82, 2.24) is 0 Å². The first kappa shape index (κ1) is 16.8. The maximum Gasteiger partial charge on any atom is 0.322 e. The van der Waals surface area contributed by atoms with Gasteiger partial charge in [-0.15, -0.1) is 0 Å². The summed E-state index contributed by atoms with van der Waals surface area (Å²) in [6.45, 7) is 0. The van der Waals surface area contributed by atoms with E-state index in [2.05, 4.69) is 4.74 Å². The molecule has 7 heteroatoms. The molecule has 0 fully saturated rings. The van der Waals surface area contributed by atoms with Crippen LogP contribution in [0.25, 0.3) is 0 Å². The molecule has 7 nitrogen and oxygen atoms in total. The number of ether oxygens (including phenoxy) is 1. The predicted octanol–water partition coefficient (Wildman–Crippen LogP) is -0.286. The van der Waals surface area contributed by atoms with Gasteiger partial charge < -0.3 is 21.3 Å². The molecule has 1 aromatic carbocycles. The molecule has 0 aromatic heterocycles. The predicted molar refractivity (Wildman–Crippen MR) is 74.7 cm³/mol. The fourth-order valence-corrected chi connectivity index (χ4v) is 1.84. The van der Waals surface area contributed by atoms with Crippen molar-refractivity contribution in [3.05, 3.63) is 35.4 Å². The molecule has 0 amide bonds. The van der Waals surface area contributed by atoms with E-state index in [4.69, 9.17) is 16.6 Å². The van der Waals surface area contributed by atoms with E-state index in [9.17, 15) is 14.4 Å². The van der Waals surface area contributed by atoms with Gasteiger partial charge in [-0.3, -0.25) is 14.4 Å². The Bertz CT molecular complexity index is 544. The summed E-state index contributed by atoms with van der Waals surface area (Å²) in [5.41, 5.74) is 12.1. The van der Waals surface area contributed by atoms with E-state index >= 15 is 0 Å². The van der Waals surface area contributed by atoms with Gasteiger partial charge in [-0.25, -0.2) is 0 Å². The van der Waals surface area contributed by atoms with Crippen molar-refractivity contribution in [3.63, 3.8) is 0 Å². The van der Waals surface area contributed by atoms with Crippen molar-refractivity contribution >= 4 is 17.7 Å². The lowest BCUT2D eigenvalue weighted by atomic mass is 9.98. The topological polar surface area (TPSA) is 133 Å². The van der Waals surface area contributed by atoms with E-state index < -0.39 is 36.2 Å². The smallest absolute Gasteiger partial charge is 0.322 e. The highest BCUT2D eigenvalue weighted by Crippen LogP contribution is 2.11. The minimum absolute atomic E-state index is 0.210. The Hall–Kier alpha value is -2.25. The summed E-state index contributed by atoms with van der Waals surface area (Å²) in [5, 5.41) is 8.64. The number of hydrogen-bond donors (Lipinski definition) is 3. The highest BCUT2D eigenvalue weighted by atomic mass is 16.5. The van der Waals surface area contributed by atoms with Gasteiger partial charge in [0, 0.05) is 5.56 Å². The van der Waals surface area contributed by atoms with Crippen molar-refractivity contribution in [3.8, 4) is 0 Å². The van der Waals surface area contributed by atoms with Gasteiger partial charge in [-0.2, -0.15) is 0 Å². The van der Waals surface area contributed by atoms with Crippen molar-refractivity contribution in [1.29, 1.82) is 0 Å². The van der Waals surface area contributed by atoms with Gasteiger partial charge in [0.05, 0.1) is 19.6 Å². The Labute approximate surface area is 121 Å². The molecule has 0 unspecified atom stereocenters. The van der Waals surface area contributed by atoms with E-state index in [-0.39, 0.29) is 6.42 Å². The zero-order valence-corrected chi connectivity index (χ0v) is 11.6. The Morgan fingerprint density at radius 2 is 1.90 bits per heavy atom. The summed E-state index contributed by atoms with van der Waals surface area (Å²) in [6, 6.07) is 4.49. The number of benzene rings is 1. The molecule has 0 heterocycles. The third kappa shape index (κ3) is 4.97. The Kier molecular flexibility index (Phi) is 6.01. The van der Waals surface area contributed by atoms with E-state index in [0.717, 1.165) is 0 Å². The molecule has 5 N–H and O–H groups in total. The van der Waals surface area contributed by atoms with Crippen molar-refractivity contribution < 1.29 is 24.2 Å². The molecular weight excluding hydrogens is 276 g/mol. The number of nitrogens with two attached hydrogens (primary N) is 2. The van der Waals surface area contributed by atoms with Crippen LogP contribution >= 0.6 is 0 Å². The number of methoxy groups -OCH3 is 1. The van der Waals surface area contributed by atoms with Gasteiger partial charge >= 0.3 is 11.9 Å². The lowest BCUT2D eigenvalue weighted by molar-refractivity contribution is -0.142. The number of carbonyl (C=O) groups excluding carboxylic acids is 2. The lowest BCUT2D eigenvalue weighted by Crippen LogP contribution is -2.34. The average molecular weight is 294 g/mol. The third-order valence-electron chi connectivity index (χ3n) is 2.90. The quantitative estimate of drug-likeness (QED) is 0.465. The van der Waals surface area contributed by atoms with Gasteiger partial charge in [-0.1, -0.05) is 18.2 Å². The maximum absolute atomic E-state index is 12.0. The number of esters is 1. The van der Waals surface area contributed by atoms with Crippen molar-refractivity contribution in [2.75, 3.05) is 7.11 Å². The lowest BCUT2D eigenvalue weighted by Gasteiger charge is -2.11. The molecule has 1 aromatic rings. The summed E-state index contributed by atoms with van der Waals surface area (Å²) in [4.78, 5) is 33.8. The van der Waals surface area contributed by atoms with Crippen LogP contribution in [0, 0.1) is 0 Å². The van der Waals surface area contributed by atoms with Crippen molar-refractivity contribution in [2.45, 2.75) is 24.9 Å². The molecule has 0 spiro atoms. The molecule has 0 aliphatic heterocycles. The standard InChI is InChI=1S/C14H18N2O5/c1-21-14(20)11(16)6-8-3-2-4-9(5-8)13(19)10(15)7-12(17)18/h2-5,10-11H,6-7,15-16H2,1H3,(H,17,18)/t10-,11-/m0/s1. The normalized spacial score (nSPS) is 13.3. The second-order valence-corrected chi connectivity index (χ2v) is 4.60. The van der Waals surface area contributed by atoms with Crippen LogP contribution in [0.4, 0.5) is 0 Å². The minimum atomic E-state index is -1.14. The van der Waals surface area contributed by atoms with Gasteiger partial charge in [0.25, 0.3) is 0 Å². The van der Waals surface area contributed by atoms with Crippen LogP contribution < -0.4 is 11.5 Å². The van der Waals surface area contributed by atoms with Gasteiger partial charge in [0.2, 0.25) is 0 Å². The molecule has 0 aliphatic rings. The molecule has 21 heavy (non-hydrogen) atoms. The number of Topliss-reactive ketones (excluding diaryl/α,β-unsaturated/α-hetero) is 1. The second-order valence-electron chi connectivity index (χ2n) is 4.60. The van der Waals surface area contributed by atoms with Crippen LogP contribution in [-0.4, -0.2) is 42.0 Å². The van der Waals surface area contributed by atoms with Crippen LogP contribution in [0.3, 0.4) is 0 Å². The first-order valence-electron chi connectivity index (χ1n) is 6.29. The Morgan fingerprint density at radius 3 is 2.48 bits per heavy atom. The Morgan fingerprint density at radius 1 is 1.24 bits per heavy atom. The fraction of sp³-hybridized carbons (Fsp3) is 0.357. The average Bonchev–Trinajstić information content (AvgIpc) is 2.45. The van der Waals surface area contributed by atoms with E-state index in [1.807, 2.05) is 0 Å². The van der Waals surface area contributed by atoms with Crippen LogP contribution in [0.1, 0.15) is 22.3 Å². The summed E-state index contributed by atoms with van der Waals surface area (Å²) in [7, 11) is 1.24. The monoisotopic (exact) mass is 294 g/mol.